The van der Waals surface area contributed by atoms with Crippen LogP contribution in [0.15, 0.2) is 53.1 Å². The molecule has 0 amide bonds. The number of halogens is 4. The molecule has 27 heavy (non-hydrogen) atoms. The Hall–Kier alpha value is -2.31. The first-order chi connectivity index (χ1) is 12.6. The molecule has 0 radical (unpaired) electrons. The predicted molar refractivity (Wildman–Crippen MR) is 96.7 cm³/mol. The van der Waals surface area contributed by atoms with E-state index in [1.807, 2.05) is 0 Å². The monoisotopic (exact) mass is 415 g/mol. The Labute approximate surface area is 158 Å². The average Bonchev–Trinajstić information content (AvgIpc) is 3.05. The molecular weight excluding hydrogens is 402 g/mol. The van der Waals surface area contributed by atoms with Gasteiger partial charge in [-0.1, -0.05) is 35.5 Å². The highest BCUT2D eigenvalue weighted by Crippen LogP contribution is 2.45. The minimum absolute atomic E-state index is 0.0329. The normalized spacial score (nSPS) is 14.0. The van der Waals surface area contributed by atoms with Crippen molar-refractivity contribution >= 4 is 24.6 Å². The van der Waals surface area contributed by atoms with Gasteiger partial charge in [-0.25, -0.2) is 4.39 Å². The molecule has 3 rings (SSSR count). The van der Waals surface area contributed by atoms with Gasteiger partial charge < -0.3 is 14.2 Å². The van der Waals surface area contributed by atoms with Gasteiger partial charge in [0, 0.05) is 24.1 Å². The van der Waals surface area contributed by atoms with Crippen molar-refractivity contribution in [3.63, 3.8) is 0 Å². The molecule has 0 aliphatic heterocycles. The van der Waals surface area contributed by atoms with Crippen molar-refractivity contribution in [2.24, 2.45) is 0 Å². The Bertz CT molecular complexity index is 990. The fourth-order valence-corrected chi connectivity index (χ4v) is 4.18. The van der Waals surface area contributed by atoms with Gasteiger partial charge >= 0.3 is 11.3 Å². The van der Waals surface area contributed by atoms with Crippen LogP contribution in [0.5, 0.6) is 0 Å². The summed E-state index contributed by atoms with van der Waals surface area (Å²) < 4.78 is 56.3. The number of nitrogens with zero attached hydrogens (tertiary/aromatic N) is 2. The standard InChI is InChI=1S/C17H14ClF3N3O2P/c1-27(25,24-14-4-2-3-13(19)9-14)10-11-5-7-12(8-6-11)15-22-16(26-23-15)17(18,20)21/h2-9H,10H2,1H3,(H,24,25). The van der Waals surface area contributed by atoms with E-state index in [1.54, 1.807) is 37.0 Å². The molecule has 0 aliphatic carbocycles. The summed E-state index contributed by atoms with van der Waals surface area (Å²) in [6.45, 7) is 1.56. The molecule has 1 heterocycles. The molecule has 0 fully saturated rings. The van der Waals surface area contributed by atoms with Crippen LogP contribution in [0.1, 0.15) is 11.5 Å². The third-order valence-electron chi connectivity index (χ3n) is 3.56. The number of nitrogens with one attached hydrogen (secondary N) is 1. The van der Waals surface area contributed by atoms with E-state index >= 15 is 0 Å². The van der Waals surface area contributed by atoms with Crippen LogP contribution in [0.4, 0.5) is 18.9 Å². The van der Waals surface area contributed by atoms with Crippen LogP contribution >= 0.6 is 18.9 Å². The second kappa shape index (κ2) is 7.37. The van der Waals surface area contributed by atoms with E-state index in [-0.39, 0.29) is 12.0 Å². The molecule has 5 nitrogen and oxygen atoms in total. The Balaban J connectivity index is 1.71. The summed E-state index contributed by atoms with van der Waals surface area (Å²) in [6, 6.07) is 12.3. The zero-order valence-corrected chi connectivity index (χ0v) is 15.6. The molecule has 1 unspecified atom stereocenters. The number of alkyl halides is 3. The van der Waals surface area contributed by atoms with E-state index in [0.717, 1.165) is 5.56 Å². The largest absolute Gasteiger partial charge is 0.400 e. The van der Waals surface area contributed by atoms with Crippen LogP contribution in [0.2, 0.25) is 0 Å². The fourth-order valence-electron chi connectivity index (χ4n) is 2.43. The molecule has 1 N–H and O–H groups in total. The van der Waals surface area contributed by atoms with Gasteiger partial charge in [-0.3, -0.25) is 0 Å². The molecular formula is C17H14ClF3N3O2P. The van der Waals surface area contributed by atoms with Crippen molar-refractivity contribution in [1.82, 2.24) is 10.1 Å². The summed E-state index contributed by atoms with van der Waals surface area (Å²) in [4.78, 5) is 3.56. The first-order valence-corrected chi connectivity index (χ1v) is 10.4. The van der Waals surface area contributed by atoms with Crippen LogP contribution in [0, 0.1) is 5.82 Å². The van der Waals surface area contributed by atoms with Gasteiger partial charge in [0.05, 0.1) is 0 Å². The lowest BCUT2D eigenvalue weighted by Gasteiger charge is -2.16. The SMILES string of the molecule is CP(=O)(Cc1ccc(-c2noc(C(F)(F)Cl)n2)cc1)Nc1cccc(F)c1. The number of hydrogen-bond acceptors (Lipinski definition) is 4. The predicted octanol–water partition coefficient (Wildman–Crippen LogP) is 5.68. The highest BCUT2D eigenvalue weighted by Gasteiger charge is 2.35. The van der Waals surface area contributed by atoms with Crippen molar-refractivity contribution in [3.8, 4) is 11.4 Å². The van der Waals surface area contributed by atoms with Crippen LogP contribution in [0.25, 0.3) is 11.4 Å². The molecule has 142 valence electrons. The summed E-state index contributed by atoms with van der Waals surface area (Å²) in [5.41, 5.74) is 1.61. The summed E-state index contributed by atoms with van der Waals surface area (Å²) >= 11 is 4.84. The Morgan fingerprint density at radius 2 is 1.93 bits per heavy atom. The molecule has 1 aromatic heterocycles. The van der Waals surface area contributed by atoms with E-state index in [9.17, 15) is 17.7 Å². The molecule has 2 aromatic carbocycles. The maximum atomic E-state index is 13.2. The molecule has 0 saturated heterocycles. The second-order valence-electron chi connectivity index (χ2n) is 6.00. The highest BCUT2D eigenvalue weighted by atomic mass is 35.5. The molecule has 1 atom stereocenters. The van der Waals surface area contributed by atoms with E-state index < -0.39 is 24.4 Å². The third-order valence-corrected chi connectivity index (χ3v) is 5.42. The molecule has 0 saturated carbocycles. The summed E-state index contributed by atoms with van der Waals surface area (Å²) in [5, 5.41) is 2.59. The van der Waals surface area contributed by atoms with Gasteiger partial charge in [0.15, 0.2) is 7.29 Å². The van der Waals surface area contributed by atoms with Crippen LogP contribution < -0.4 is 5.09 Å². The van der Waals surface area contributed by atoms with Crippen molar-refractivity contribution in [3.05, 3.63) is 65.8 Å². The van der Waals surface area contributed by atoms with Crippen LogP contribution in [-0.2, 0) is 16.1 Å². The smallest absolute Gasteiger partial charge is 0.336 e. The molecule has 10 heteroatoms. The zero-order valence-electron chi connectivity index (χ0n) is 14.0. The first-order valence-electron chi connectivity index (χ1n) is 7.73. The van der Waals surface area contributed by atoms with Crippen molar-refractivity contribution in [1.29, 1.82) is 0 Å². The number of hydrogen-bond donors (Lipinski definition) is 1. The molecule has 0 bridgehead atoms. The maximum Gasteiger partial charge on any atom is 0.400 e. The molecule has 3 aromatic rings. The van der Waals surface area contributed by atoms with E-state index in [0.29, 0.717) is 11.3 Å². The van der Waals surface area contributed by atoms with Gasteiger partial charge in [0.2, 0.25) is 5.82 Å². The quantitative estimate of drug-likeness (QED) is 0.414. The number of rotatable bonds is 6. The first kappa shape index (κ1) is 19.5. The number of anilines is 1. The van der Waals surface area contributed by atoms with Gasteiger partial charge in [-0.15, -0.1) is 0 Å². The van der Waals surface area contributed by atoms with Crippen molar-refractivity contribution in [2.75, 3.05) is 11.8 Å². The Kier molecular flexibility index (Phi) is 5.31. The lowest BCUT2D eigenvalue weighted by Crippen LogP contribution is -2.03. The lowest BCUT2D eigenvalue weighted by molar-refractivity contribution is 0.0551. The number of aromatic nitrogens is 2. The maximum absolute atomic E-state index is 13.2. The topological polar surface area (TPSA) is 68.0 Å². The van der Waals surface area contributed by atoms with E-state index in [2.05, 4.69) is 19.8 Å². The average molecular weight is 416 g/mol. The second-order valence-corrected chi connectivity index (χ2v) is 9.22. The van der Waals surface area contributed by atoms with Crippen LogP contribution in [0.3, 0.4) is 0 Å². The summed E-state index contributed by atoms with van der Waals surface area (Å²) in [5.74, 6) is -1.44. The van der Waals surface area contributed by atoms with Gasteiger partial charge in [0.1, 0.15) is 5.82 Å². The van der Waals surface area contributed by atoms with Crippen LogP contribution in [-0.4, -0.2) is 16.8 Å². The zero-order chi connectivity index (χ0) is 19.7. The Morgan fingerprint density at radius 3 is 2.52 bits per heavy atom. The van der Waals surface area contributed by atoms with Gasteiger partial charge in [0.25, 0.3) is 0 Å². The van der Waals surface area contributed by atoms with Crippen molar-refractivity contribution < 1.29 is 22.3 Å². The fraction of sp³-hybridized carbons (Fsp3) is 0.176. The van der Waals surface area contributed by atoms with Gasteiger partial charge in [-0.2, -0.15) is 13.8 Å². The minimum atomic E-state index is -3.73. The van der Waals surface area contributed by atoms with Gasteiger partial charge in [-0.05, 0) is 35.4 Å². The molecule has 0 spiro atoms. The van der Waals surface area contributed by atoms with E-state index in [1.165, 1.54) is 18.2 Å². The Morgan fingerprint density at radius 1 is 1.22 bits per heavy atom. The molecule has 0 aliphatic rings. The number of benzene rings is 2. The lowest BCUT2D eigenvalue weighted by atomic mass is 10.1. The third kappa shape index (κ3) is 5.11. The minimum Gasteiger partial charge on any atom is -0.336 e. The van der Waals surface area contributed by atoms with E-state index in [4.69, 9.17) is 11.6 Å². The van der Waals surface area contributed by atoms with Crippen molar-refractivity contribution in [2.45, 2.75) is 11.5 Å². The summed E-state index contributed by atoms with van der Waals surface area (Å²) in [7, 11) is -2.84. The summed E-state index contributed by atoms with van der Waals surface area (Å²) in [6.07, 6.45) is 0.209. The highest BCUT2D eigenvalue weighted by molar-refractivity contribution is 7.63.